The fourth-order valence-electron chi connectivity index (χ4n) is 0.578. The number of rotatable bonds is 5. The van der Waals surface area contributed by atoms with Crippen molar-refractivity contribution in [1.82, 2.24) is 0 Å². The summed E-state index contributed by atoms with van der Waals surface area (Å²) in [7, 11) is 0. The summed E-state index contributed by atoms with van der Waals surface area (Å²) >= 11 is 0. The van der Waals surface area contributed by atoms with E-state index in [0.29, 0.717) is 12.8 Å². The molecule has 0 aromatic rings. The molecule has 0 spiro atoms. The second-order valence-electron chi connectivity index (χ2n) is 2.44. The van der Waals surface area contributed by atoms with Crippen LogP contribution in [0.15, 0.2) is 0 Å². The molecule has 66 valence electrons. The molecule has 1 atom stereocenters. The van der Waals surface area contributed by atoms with E-state index in [1.54, 1.807) is 6.92 Å². The fourth-order valence-corrected chi connectivity index (χ4v) is 0.578. The van der Waals surface area contributed by atoms with Gasteiger partial charge in [-0.15, -0.1) is 0 Å². The number of halogens is 1. The lowest BCUT2D eigenvalue weighted by molar-refractivity contribution is -0.145. The minimum Gasteiger partial charge on any atom is -0.463 e. The lowest BCUT2D eigenvalue weighted by Crippen LogP contribution is -2.13. The SMILES string of the molecule is CCCC(=O)OCC(F)CC. The Hall–Kier alpha value is -0.600. The number of hydrogen-bond acceptors (Lipinski definition) is 2. The minimum absolute atomic E-state index is 0.0880. The molecule has 0 heterocycles. The van der Waals surface area contributed by atoms with Crippen molar-refractivity contribution < 1.29 is 13.9 Å². The standard InChI is InChI=1S/C8H15FO2/c1-3-5-8(10)11-6-7(9)4-2/h7H,3-6H2,1-2H3. The van der Waals surface area contributed by atoms with Crippen LogP contribution in [-0.4, -0.2) is 18.7 Å². The lowest BCUT2D eigenvalue weighted by Gasteiger charge is -2.05. The van der Waals surface area contributed by atoms with Gasteiger partial charge in [-0.25, -0.2) is 4.39 Å². The maximum atomic E-state index is 12.5. The van der Waals surface area contributed by atoms with Crippen LogP contribution >= 0.6 is 0 Å². The number of carbonyl (C=O) groups excluding carboxylic acids is 1. The van der Waals surface area contributed by atoms with E-state index < -0.39 is 6.17 Å². The molecule has 0 fully saturated rings. The van der Waals surface area contributed by atoms with Gasteiger partial charge in [0.2, 0.25) is 0 Å². The summed E-state index contributed by atoms with van der Waals surface area (Å²) < 4.78 is 17.1. The van der Waals surface area contributed by atoms with Gasteiger partial charge in [0.15, 0.2) is 0 Å². The Bertz CT molecular complexity index is 115. The Kier molecular flexibility index (Phi) is 5.80. The zero-order valence-corrected chi connectivity index (χ0v) is 7.10. The predicted octanol–water partition coefficient (Wildman–Crippen LogP) is 2.08. The number of alkyl halides is 1. The molecule has 2 nitrogen and oxygen atoms in total. The first-order chi connectivity index (χ1) is 5.20. The van der Waals surface area contributed by atoms with Crippen molar-refractivity contribution in [1.29, 1.82) is 0 Å². The second-order valence-corrected chi connectivity index (χ2v) is 2.44. The molecule has 0 aromatic carbocycles. The highest BCUT2D eigenvalue weighted by atomic mass is 19.1. The van der Waals surface area contributed by atoms with Crippen molar-refractivity contribution in [2.24, 2.45) is 0 Å². The number of carbonyl (C=O) groups is 1. The van der Waals surface area contributed by atoms with Crippen molar-refractivity contribution in [3.63, 3.8) is 0 Å². The molecule has 0 saturated heterocycles. The van der Waals surface area contributed by atoms with Crippen LogP contribution in [0.1, 0.15) is 33.1 Å². The van der Waals surface area contributed by atoms with Gasteiger partial charge in [-0.3, -0.25) is 4.79 Å². The molecule has 0 aromatic heterocycles. The highest BCUT2D eigenvalue weighted by Crippen LogP contribution is 1.99. The van der Waals surface area contributed by atoms with Gasteiger partial charge in [0, 0.05) is 6.42 Å². The second kappa shape index (κ2) is 6.13. The molecule has 0 aliphatic carbocycles. The highest BCUT2D eigenvalue weighted by Gasteiger charge is 2.06. The molecule has 0 rings (SSSR count). The Morgan fingerprint density at radius 3 is 2.64 bits per heavy atom. The van der Waals surface area contributed by atoms with E-state index in [4.69, 9.17) is 0 Å². The summed E-state index contributed by atoms with van der Waals surface area (Å²) in [4.78, 5) is 10.7. The van der Waals surface area contributed by atoms with E-state index in [1.807, 2.05) is 6.92 Å². The van der Waals surface area contributed by atoms with Crippen molar-refractivity contribution in [2.45, 2.75) is 39.3 Å². The molecular formula is C8H15FO2. The van der Waals surface area contributed by atoms with Crippen LogP contribution < -0.4 is 0 Å². The summed E-state index contributed by atoms with van der Waals surface area (Å²) in [6, 6.07) is 0. The first-order valence-electron chi connectivity index (χ1n) is 4.00. The van der Waals surface area contributed by atoms with E-state index in [2.05, 4.69) is 4.74 Å². The van der Waals surface area contributed by atoms with Crippen LogP contribution in [0.4, 0.5) is 4.39 Å². The average Bonchev–Trinajstić information content (AvgIpc) is 2.01. The third kappa shape index (κ3) is 5.83. The monoisotopic (exact) mass is 162 g/mol. The van der Waals surface area contributed by atoms with E-state index in [9.17, 15) is 9.18 Å². The Morgan fingerprint density at radius 2 is 2.18 bits per heavy atom. The van der Waals surface area contributed by atoms with Gasteiger partial charge in [-0.2, -0.15) is 0 Å². The number of esters is 1. The van der Waals surface area contributed by atoms with Gasteiger partial charge in [0.25, 0.3) is 0 Å². The molecule has 0 saturated carbocycles. The predicted molar refractivity (Wildman–Crippen MR) is 41.1 cm³/mol. The molecule has 0 N–H and O–H groups in total. The number of ether oxygens (including phenoxy) is 1. The van der Waals surface area contributed by atoms with E-state index in [0.717, 1.165) is 6.42 Å². The molecule has 0 bridgehead atoms. The summed E-state index contributed by atoms with van der Waals surface area (Å²) in [6.45, 7) is 3.52. The third-order valence-corrected chi connectivity index (χ3v) is 1.32. The first kappa shape index (κ1) is 10.4. The summed E-state index contributed by atoms with van der Waals surface area (Å²) in [6.07, 6.45) is 0.536. The molecule has 0 radical (unpaired) electrons. The molecule has 0 aliphatic rings. The molecule has 0 aliphatic heterocycles. The molecule has 11 heavy (non-hydrogen) atoms. The molecular weight excluding hydrogens is 147 g/mol. The van der Waals surface area contributed by atoms with Crippen molar-refractivity contribution >= 4 is 5.97 Å². The summed E-state index contributed by atoms with van der Waals surface area (Å²) in [5, 5.41) is 0. The quantitative estimate of drug-likeness (QED) is 0.578. The smallest absolute Gasteiger partial charge is 0.305 e. The maximum absolute atomic E-state index is 12.5. The Morgan fingerprint density at radius 1 is 1.55 bits per heavy atom. The van der Waals surface area contributed by atoms with E-state index in [-0.39, 0.29) is 12.6 Å². The molecule has 3 heteroatoms. The number of hydrogen-bond donors (Lipinski definition) is 0. The van der Waals surface area contributed by atoms with E-state index >= 15 is 0 Å². The first-order valence-corrected chi connectivity index (χ1v) is 4.00. The van der Waals surface area contributed by atoms with Gasteiger partial charge in [-0.1, -0.05) is 13.8 Å². The van der Waals surface area contributed by atoms with Crippen molar-refractivity contribution in [3.05, 3.63) is 0 Å². The van der Waals surface area contributed by atoms with Crippen LogP contribution in [0, 0.1) is 0 Å². The topological polar surface area (TPSA) is 26.3 Å². The van der Waals surface area contributed by atoms with Crippen molar-refractivity contribution in [2.75, 3.05) is 6.61 Å². The van der Waals surface area contributed by atoms with Gasteiger partial charge < -0.3 is 4.74 Å². The average molecular weight is 162 g/mol. The summed E-state index contributed by atoms with van der Waals surface area (Å²) in [5.41, 5.74) is 0. The maximum Gasteiger partial charge on any atom is 0.305 e. The molecule has 1 unspecified atom stereocenters. The third-order valence-electron chi connectivity index (χ3n) is 1.32. The van der Waals surface area contributed by atoms with Crippen molar-refractivity contribution in [3.8, 4) is 0 Å². The van der Waals surface area contributed by atoms with Crippen LogP contribution in [-0.2, 0) is 9.53 Å². The van der Waals surface area contributed by atoms with Gasteiger partial charge in [0.05, 0.1) is 0 Å². The van der Waals surface area contributed by atoms with Crippen LogP contribution in [0.5, 0.6) is 0 Å². The highest BCUT2D eigenvalue weighted by molar-refractivity contribution is 5.69. The normalized spacial score (nSPS) is 12.6. The van der Waals surface area contributed by atoms with Crippen LogP contribution in [0.3, 0.4) is 0 Å². The largest absolute Gasteiger partial charge is 0.463 e. The van der Waals surface area contributed by atoms with Crippen LogP contribution in [0.25, 0.3) is 0 Å². The van der Waals surface area contributed by atoms with E-state index in [1.165, 1.54) is 0 Å². The molecule has 0 amide bonds. The minimum atomic E-state index is -1.00. The zero-order chi connectivity index (χ0) is 8.69. The zero-order valence-electron chi connectivity index (χ0n) is 7.10. The Balaban J connectivity index is 3.30. The van der Waals surface area contributed by atoms with Crippen LogP contribution in [0.2, 0.25) is 0 Å². The lowest BCUT2D eigenvalue weighted by atomic mass is 10.3. The Labute approximate surface area is 66.7 Å². The van der Waals surface area contributed by atoms with Gasteiger partial charge in [-0.05, 0) is 12.8 Å². The summed E-state index contributed by atoms with van der Waals surface area (Å²) in [5.74, 6) is -0.302. The van der Waals surface area contributed by atoms with Gasteiger partial charge >= 0.3 is 5.97 Å². The fraction of sp³-hybridized carbons (Fsp3) is 0.875. The van der Waals surface area contributed by atoms with Gasteiger partial charge in [0.1, 0.15) is 12.8 Å².